The molecule has 0 atom stereocenters. The summed E-state index contributed by atoms with van der Waals surface area (Å²) in [5.41, 5.74) is -0.819. The number of carbonyl (C=O) groups excluding carboxylic acids is 2. The second-order valence-electron chi connectivity index (χ2n) is 4.36. The Morgan fingerprint density at radius 2 is 1.42 bits per heavy atom. The number of benzene rings is 1. The van der Waals surface area contributed by atoms with Crippen molar-refractivity contribution in [3.8, 4) is 5.75 Å². The van der Waals surface area contributed by atoms with Gasteiger partial charge in [-0.2, -0.15) is 0 Å². The zero-order chi connectivity index (χ0) is 20.3. The Kier molecular flexibility index (Phi) is 6.83. The number of hydrogen-bond acceptors (Lipinski definition) is 6. The molecule has 0 saturated carbocycles. The number of halogens is 6. The van der Waals surface area contributed by atoms with Crippen molar-refractivity contribution in [2.75, 3.05) is 7.11 Å². The molecule has 0 radical (unpaired) electrons. The van der Waals surface area contributed by atoms with E-state index in [1.165, 1.54) is 0 Å². The summed E-state index contributed by atoms with van der Waals surface area (Å²) in [7, 11) is 0.937. The molecule has 0 amide bonds. The molecule has 0 bridgehead atoms. The predicted molar refractivity (Wildman–Crippen MR) is 69.6 cm³/mol. The molecule has 14 heteroatoms. The van der Waals surface area contributed by atoms with Crippen LogP contribution in [-0.2, 0) is 15.0 Å². The fourth-order valence-corrected chi connectivity index (χ4v) is 8.85. The van der Waals surface area contributed by atoms with Crippen LogP contribution in [0.2, 0.25) is 0 Å². The summed E-state index contributed by atoms with van der Waals surface area (Å²) < 4.78 is 86.2. The minimum atomic E-state index is -5.74. The number of alkyl halides is 6. The van der Waals surface area contributed by atoms with Gasteiger partial charge in [0, 0.05) is 0 Å². The number of ether oxygens (including phenoxy) is 1. The van der Waals surface area contributed by atoms with E-state index in [0.29, 0.717) is 0 Å². The molecule has 0 aromatic heterocycles. The molecule has 26 heavy (non-hydrogen) atoms. The van der Waals surface area contributed by atoms with Crippen LogP contribution in [0.1, 0.15) is 10.4 Å². The van der Waals surface area contributed by atoms with Gasteiger partial charge >= 0.3 is 150 Å². The van der Waals surface area contributed by atoms with Gasteiger partial charge in [0.15, 0.2) is 0 Å². The number of hydrogen-bond donors (Lipinski definition) is 1. The maximum atomic E-state index is 12.4. The zero-order valence-corrected chi connectivity index (χ0v) is 17.0. The molecule has 0 aliphatic heterocycles. The van der Waals surface area contributed by atoms with Gasteiger partial charge in [-0.25, -0.2) is 0 Å². The van der Waals surface area contributed by atoms with E-state index in [1.807, 2.05) is 0 Å². The Balaban J connectivity index is 3.48. The molecular formula is C12H7F6O7Tl. The van der Waals surface area contributed by atoms with Crippen LogP contribution in [-0.4, -0.2) is 66.1 Å². The summed E-state index contributed by atoms with van der Waals surface area (Å²) >= 11 is -5.74. The van der Waals surface area contributed by atoms with E-state index in [1.54, 1.807) is 0 Å². The Morgan fingerprint density at radius 3 is 1.77 bits per heavy atom. The first-order chi connectivity index (χ1) is 11.8. The third-order valence-corrected chi connectivity index (χ3v) is 10.1. The number of carbonyl (C=O) groups is 3. The Hall–Kier alpha value is -2.07. The van der Waals surface area contributed by atoms with E-state index >= 15 is 0 Å². The standard InChI is InChI=1S/C8H7O3.2C2HF3O2.Tl/c1-11-7-4-2-3-6(5-7)8(9)10;2*3-2(4,5)1(6)7;/h2-4H,1H3,(H,9,10);2*(H,6,7);/q;;;+2/p-2. The van der Waals surface area contributed by atoms with Gasteiger partial charge in [-0.3, -0.25) is 0 Å². The van der Waals surface area contributed by atoms with Gasteiger partial charge in [0.25, 0.3) is 0 Å². The first-order valence-corrected chi connectivity index (χ1v) is 12.2. The molecule has 7 nitrogen and oxygen atoms in total. The maximum absolute atomic E-state index is 12.4. The van der Waals surface area contributed by atoms with Gasteiger partial charge in [-0.05, 0) is 0 Å². The van der Waals surface area contributed by atoms with Crippen LogP contribution in [0.5, 0.6) is 5.75 Å². The Labute approximate surface area is 149 Å². The van der Waals surface area contributed by atoms with Gasteiger partial charge in [0.1, 0.15) is 0 Å². The summed E-state index contributed by atoms with van der Waals surface area (Å²) in [6.07, 6.45) is -11.2. The number of carboxylic acids is 1. The summed E-state index contributed by atoms with van der Waals surface area (Å²) in [5, 5.41) is 9.08. The fraction of sp³-hybridized carbons (Fsp3) is 0.250. The van der Waals surface area contributed by atoms with E-state index < -0.39 is 68.3 Å². The molecule has 0 aliphatic carbocycles. The van der Waals surface area contributed by atoms with Crippen LogP contribution in [0.3, 0.4) is 0 Å². The molecule has 0 heterocycles. The van der Waals surface area contributed by atoms with Crippen molar-refractivity contribution >= 4 is 44.6 Å². The van der Waals surface area contributed by atoms with Gasteiger partial charge < -0.3 is 0 Å². The minimum absolute atomic E-state index is 0.499. The van der Waals surface area contributed by atoms with Crippen molar-refractivity contribution in [3.05, 3.63) is 23.8 Å². The van der Waals surface area contributed by atoms with Gasteiger partial charge in [0.2, 0.25) is 0 Å². The van der Waals surface area contributed by atoms with Crippen LogP contribution in [0.25, 0.3) is 0 Å². The molecule has 0 aliphatic rings. The van der Waals surface area contributed by atoms with E-state index in [2.05, 4.69) is 5.37 Å². The monoisotopic (exact) mass is 582 g/mol. The average molecular weight is 582 g/mol. The van der Waals surface area contributed by atoms with Crippen LogP contribution in [0, 0.1) is 0 Å². The second kappa shape index (κ2) is 8.09. The zero-order valence-electron chi connectivity index (χ0n) is 12.5. The van der Waals surface area contributed by atoms with E-state index in [-0.39, 0.29) is 0 Å². The van der Waals surface area contributed by atoms with Gasteiger partial charge in [0.05, 0.1) is 0 Å². The summed E-state index contributed by atoms with van der Waals surface area (Å²) in [6, 6.07) is 2.89. The van der Waals surface area contributed by atoms with Crippen LogP contribution in [0.4, 0.5) is 26.3 Å². The number of carboxylic acid groups (broad SMARTS) is 1. The number of rotatable bonds is 5. The Morgan fingerprint density at radius 1 is 0.962 bits per heavy atom. The summed E-state index contributed by atoms with van der Waals surface area (Å²) in [5.74, 6) is -8.10. The average Bonchev–Trinajstić information content (AvgIpc) is 2.51. The predicted octanol–water partition coefficient (Wildman–Crippen LogP) is 1.30. The molecule has 1 aromatic carbocycles. The van der Waals surface area contributed by atoms with Crippen LogP contribution >= 0.6 is 0 Å². The quantitative estimate of drug-likeness (QED) is 0.414. The molecule has 0 fully saturated rings. The molecule has 142 valence electrons. The summed E-state index contributed by atoms with van der Waals surface area (Å²) in [4.78, 5) is 33.2. The number of aromatic carboxylic acids is 1. The van der Waals surface area contributed by atoms with E-state index in [9.17, 15) is 40.7 Å². The third kappa shape index (κ3) is 5.47. The van der Waals surface area contributed by atoms with Crippen molar-refractivity contribution in [2.24, 2.45) is 0 Å². The van der Waals surface area contributed by atoms with Crippen molar-refractivity contribution in [1.29, 1.82) is 0 Å². The normalized spacial score (nSPS) is 11.5. The van der Waals surface area contributed by atoms with E-state index in [4.69, 9.17) is 9.84 Å². The topological polar surface area (TPSA) is 99.1 Å². The van der Waals surface area contributed by atoms with Gasteiger partial charge in [-0.1, -0.05) is 0 Å². The molecule has 0 unspecified atom stereocenters. The van der Waals surface area contributed by atoms with Crippen molar-refractivity contribution in [2.45, 2.75) is 12.4 Å². The SMILES string of the molecule is COc1cccc(C(=O)O)[c]1[Tl]([O]C(=O)C(F)(F)F)[O]C(=O)C(F)(F)F. The molecule has 1 N–H and O–H groups in total. The Bertz CT molecular complexity index is 687. The second-order valence-corrected chi connectivity index (χ2v) is 11.0. The fourth-order valence-electron chi connectivity index (χ4n) is 1.62. The van der Waals surface area contributed by atoms with Crippen LogP contribution in [0.15, 0.2) is 18.2 Å². The van der Waals surface area contributed by atoms with Gasteiger partial charge in [-0.15, -0.1) is 0 Å². The molecular weight excluding hydrogens is 574 g/mol. The van der Waals surface area contributed by atoms with E-state index in [0.717, 1.165) is 25.3 Å². The molecule has 1 rings (SSSR count). The molecule has 1 aromatic rings. The molecule has 0 spiro atoms. The first-order valence-electron chi connectivity index (χ1n) is 6.24. The van der Waals surface area contributed by atoms with Crippen molar-refractivity contribution < 1.29 is 55.9 Å². The summed E-state index contributed by atoms with van der Waals surface area (Å²) in [6.45, 7) is 0. The van der Waals surface area contributed by atoms with Crippen molar-refractivity contribution in [3.63, 3.8) is 0 Å². The first kappa shape index (κ1) is 22.0. The third-order valence-electron chi connectivity index (χ3n) is 2.64. The molecule has 0 saturated heterocycles. The number of methoxy groups -OCH3 is 1. The van der Waals surface area contributed by atoms with Crippen LogP contribution < -0.4 is 7.86 Å². The van der Waals surface area contributed by atoms with Crippen molar-refractivity contribution in [1.82, 2.24) is 0 Å².